The van der Waals surface area contributed by atoms with E-state index in [1.165, 1.54) is 4.90 Å². The third kappa shape index (κ3) is 5.95. The summed E-state index contributed by atoms with van der Waals surface area (Å²) in [6, 6.07) is 13.6. The van der Waals surface area contributed by atoms with Gasteiger partial charge in [-0.1, -0.05) is 60.4 Å². The minimum Gasteiger partial charge on any atom is -0.330 e. The van der Waals surface area contributed by atoms with Crippen LogP contribution in [0.4, 0.5) is 5.69 Å². The average Bonchev–Trinajstić information content (AvgIpc) is 2.96. The molecule has 0 saturated carbocycles. The number of benzene rings is 2. The Hall–Kier alpha value is -2.18. The van der Waals surface area contributed by atoms with Gasteiger partial charge in [0.1, 0.15) is 6.04 Å². The third-order valence-corrected chi connectivity index (χ3v) is 5.88. The number of halogens is 2. The van der Waals surface area contributed by atoms with Gasteiger partial charge in [-0.15, -0.1) is 0 Å². The normalized spacial score (nSPS) is 16.7. The predicted molar refractivity (Wildman–Crippen MR) is 126 cm³/mol. The molecule has 5 nitrogen and oxygen atoms in total. The van der Waals surface area contributed by atoms with Gasteiger partial charge >= 0.3 is 0 Å². The molecule has 1 aliphatic heterocycles. The van der Waals surface area contributed by atoms with Gasteiger partial charge in [0.2, 0.25) is 11.8 Å². The first-order chi connectivity index (χ1) is 14.5. The maximum Gasteiger partial charge on any atom is 0.257 e. The molecule has 1 heterocycles. The highest BCUT2D eigenvalue weighted by Crippen LogP contribution is 2.29. The second-order valence-electron chi connectivity index (χ2n) is 8.97. The van der Waals surface area contributed by atoms with Crippen molar-refractivity contribution in [1.29, 1.82) is 0 Å². The van der Waals surface area contributed by atoms with Crippen LogP contribution in [0.5, 0.6) is 0 Å². The molecule has 164 valence electrons. The van der Waals surface area contributed by atoms with Crippen LogP contribution in [0.3, 0.4) is 0 Å². The Balaban J connectivity index is 1.85. The summed E-state index contributed by atoms with van der Waals surface area (Å²) in [5, 5.41) is 0.624. The van der Waals surface area contributed by atoms with Crippen molar-refractivity contribution in [2.24, 2.45) is 5.41 Å². The SMILES string of the molecule is CC(C)(C)CC(=O)N(CCc1cccc(Cl)c1)C1CC(=O)N(c2ccc(Br)cc2)C1=O. The molecule has 1 fully saturated rings. The second kappa shape index (κ2) is 9.53. The number of imide groups is 1. The van der Waals surface area contributed by atoms with Crippen LogP contribution in [-0.4, -0.2) is 35.2 Å². The van der Waals surface area contributed by atoms with Crippen LogP contribution in [0.15, 0.2) is 53.0 Å². The number of hydrogen-bond donors (Lipinski definition) is 0. The number of nitrogens with zero attached hydrogens (tertiary/aromatic N) is 2. The van der Waals surface area contributed by atoms with E-state index in [-0.39, 0.29) is 29.6 Å². The highest BCUT2D eigenvalue weighted by atomic mass is 79.9. The smallest absolute Gasteiger partial charge is 0.257 e. The van der Waals surface area contributed by atoms with E-state index in [1.54, 1.807) is 35.2 Å². The lowest BCUT2D eigenvalue weighted by Gasteiger charge is -2.30. The molecule has 0 aromatic heterocycles. The number of carbonyl (C=O) groups is 3. The first-order valence-electron chi connectivity index (χ1n) is 10.2. The Bertz CT molecular complexity index is 985. The Morgan fingerprint density at radius 3 is 2.45 bits per heavy atom. The number of anilines is 1. The third-order valence-electron chi connectivity index (χ3n) is 5.12. The Kier molecular flexibility index (Phi) is 7.22. The summed E-state index contributed by atoms with van der Waals surface area (Å²) in [7, 11) is 0. The average molecular weight is 506 g/mol. The van der Waals surface area contributed by atoms with E-state index in [0.717, 1.165) is 10.0 Å². The van der Waals surface area contributed by atoms with Gasteiger partial charge in [-0.3, -0.25) is 14.4 Å². The summed E-state index contributed by atoms with van der Waals surface area (Å²) < 4.78 is 0.857. The van der Waals surface area contributed by atoms with E-state index < -0.39 is 6.04 Å². The summed E-state index contributed by atoms with van der Waals surface area (Å²) >= 11 is 9.45. The molecule has 0 radical (unpaired) electrons. The minimum atomic E-state index is -0.801. The van der Waals surface area contributed by atoms with Crippen LogP contribution in [0.25, 0.3) is 0 Å². The fourth-order valence-electron chi connectivity index (χ4n) is 3.67. The standard InChI is InChI=1S/C24H26BrClN2O3/c1-24(2,3)15-22(30)27(12-11-16-5-4-6-18(26)13-16)20-14-21(29)28(23(20)31)19-9-7-17(25)8-10-19/h4-10,13,20H,11-12,14-15H2,1-3H3. The van der Waals surface area contributed by atoms with Crippen molar-refractivity contribution in [2.45, 2.75) is 46.1 Å². The first-order valence-corrected chi connectivity index (χ1v) is 11.4. The molecule has 1 atom stereocenters. The number of rotatable bonds is 6. The van der Waals surface area contributed by atoms with Crippen LogP contribution in [0, 0.1) is 5.41 Å². The molecule has 2 aromatic rings. The lowest BCUT2D eigenvalue weighted by molar-refractivity contribution is -0.139. The van der Waals surface area contributed by atoms with E-state index in [2.05, 4.69) is 15.9 Å². The quantitative estimate of drug-likeness (QED) is 0.504. The van der Waals surface area contributed by atoms with E-state index in [1.807, 2.05) is 39.0 Å². The fraction of sp³-hybridized carbons (Fsp3) is 0.375. The fourth-order valence-corrected chi connectivity index (χ4v) is 4.15. The van der Waals surface area contributed by atoms with Gasteiger partial charge < -0.3 is 4.90 Å². The van der Waals surface area contributed by atoms with Crippen molar-refractivity contribution in [3.8, 4) is 0 Å². The molecule has 1 saturated heterocycles. The number of amides is 3. The molecule has 0 bridgehead atoms. The highest BCUT2D eigenvalue weighted by molar-refractivity contribution is 9.10. The van der Waals surface area contributed by atoms with Crippen LogP contribution in [0.2, 0.25) is 5.02 Å². The van der Waals surface area contributed by atoms with Crippen LogP contribution >= 0.6 is 27.5 Å². The van der Waals surface area contributed by atoms with Crippen molar-refractivity contribution in [3.63, 3.8) is 0 Å². The minimum absolute atomic E-state index is 0.0136. The van der Waals surface area contributed by atoms with Gasteiger partial charge in [-0.2, -0.15) is 0 Å². The monoisotopic (exact) mass is 504 g/mol. The molecular weight excluding hydrogens is 480 g/mol. The number of carbonyl (C=O) groups excluding carboxylic acids is 3. The van der Waals surface area contributed by atoms with Gasteiger partial charge in [-0.25, -0.2) is 4.90 Å². The molecule has 7 heteroatoms. The van der Waals surface area contributed by atoms with E-state index in [0.29, 0.717) is 30.1 Å². The summed E-state index contributed by atoms with van der Waals surface area (Å²) in [5.74, 6) is -0.785. The van der Waals surface area contributed by atoms with Crippen molar-refractivity contribution in [2.75, 3.05) is 11.4 Å². The molecule has 2 aromatic carbocycles. The van der Waals surface area contributed by atoms with Gasteiger partial charge in [0.15, 0.2) is 0 Å². The summed E-state index contributed by atoms with van der Waals surface area (Å²) in [6.07, 6.45) is 0.825. The van der Waals surface area contributed by atoms with Gasteiger partial charge in [0.25, 0.3) is 5.91 Å². The maximum absolute atomic E-state index is 13.3. The van der Waals surface area contributed by atoms with Crippen molar-refractivity contribution >= 4 is 50.9 Å². The lowest BCUT2D eigenvalue weighted by atomic mass is 9.91. The summed E-state index contributed by atoms with van der Waals surface area (Å²) in [6.45, 7) is 6.29. The van der Waals surface area contributed by atoms with Crippen molar-refractivity contribution < 1.29 is 14.4 Å². The summed E-state index contributed by atoms with van der Waals surface area (Å²) in [4.78, 5) is 42.0. The van der Waals surface area contributed by atoms with Crippen molar-refractivity contribution in [1.82, 2.24) is 4.90 Å². The van der Waals surface area contributed by atoms with Crippen molar-refractivity contribution in [3.05, 3.63) is 63.6 Å². The van der Waals surface area contributed by atoms with E-state index >= 15 is 0 Å². The van der Waals surface area contributed by atoms with Gasteiger partial charge in [-0.05, 0) is 53.8 Å². The molecule has 0 aliphatic carbocycles. The Morgan fingerprint density at radius 2 is 1.84 bits per heavy atom. The Labute approximate surface area is 196 Å². The van der Waals surface area contributed by atoms with E-state index in [4.69, 9.17) is 11.6 Å². The molecular formula is C24H26BrClN2O3. The highest BCUT2D eigenvalue weighted by Gasteiger charge is 2.44. The molecule has 3 rings (SSSR count). The van der Waals surface area contributed by atoms with E-state index in [9.17, 15) is 14.4 Å². The lowest BCUT2D eigenvalue weighted by Crippen LogP contribution is -2.47. The molecule has 1 unspecified atom stereocenters. The largest absolute Gasteiger partial charge is 0.330 e. The zero-order chi connectivity index (χ0) is 22.8. The maximum atomic E-state index is 13.3. The Morgan fingerprint density at radius 1 is 1.16 bits per heavy atom. The van der Waals surface area contributed by atoms with Crippen LogP contribution in [-0.2, 0) is 20.8 Å². The van der Waals surface area contributed by atoms with Gasteiger partial charge in [0, 0.05) is 22.5 Å². The first kappa shape index (κ1) is 23.5. The van der Waals surface area contributed by atoms with Gasteiger partial charge in [0.05, 0.1) is 12.1 Å². The second-order valence-corrected chi connectivity index (χ2v) is 10.3. The topological polar surface area (TPSA) is 57.7 Å². The molecule has 0 spiro atoms. The number of hydrogen-bond acceptors (Lipinski definition) is 3. The zero-order valence-corrected chi connectivity index (χ0v) is 20.2. The molecule has 31 heavy (non-hydrogen) atoms. The zero-order valence-electron chi connectivity index (χ0n) is 17.9. The predicted octanol–water partition coefficient (Wildman–Crippen LogP) is 5.24. The van der Waals surface area contributed by atoms with Crippen LogP contribution in [0.1, 0.15) is 39.2 Å². The molecule has 1 aliphatic rings. The molecule has 0 N–H and O–H groups in total. The van der Waals surface area contributed by atoms with Crippen LogP contribution < -0.4 is 4.90 Å². The molecule has 3 amide bonds. The summed E-state index contributed by atoms with van der Waals surface area (Å²) in [5.41, 5.74) is 1.25.